The van der Waals surface area contributed by atoms with Gasteiger partial charge in [-0.1, -0.05) is 35.0 Å². The minimum atomic E-state index is -0.612. The Morgan fingerprint density at radius 2 is 2.16 bits per heavy atom. The topological polar surface area (TPSA) is 110 Å². The number of halogens is 1. The highest BCUT2D eigenvalue weighted by Gasteiger charge is 2.09. The molecule has 0 aliphatic rings. The van der Waals surface area contributed by atoms with E-state index >= 15 is 0 Å². The van der Waals surface area contributed by atoms with Gasteiger partial charge in [-0.15, -0.1) is 11.3 Å². The third-order valence-corrected chi connectivity index (χ3v) is 5.79. The zero-order chi connectivity index (χ0) is 22.5. The molecule has 0 unspecified atom stereocenters. The van der Waals surface area contributed by atoms with Crippen LogP contribution in [0.25, 0.3) is 11.4 Å². The first-order valence-corrected chi connectivity index (χ1v) is 10.9. The van der Waals surface area contributed by atoms with Crippen LogP contribution >= 0.6 is 22.9 Å². The van der Waals surface area contributed by atoms with E-state index in [1.54, 1.807) is 41.8 Å². The van der Waals surface area contributed by atoms with Crippen molar-refractivity contribution < 1.29 is 14.1 Å². The average molecular weight is 471 g/mol. The number of hydrogen-bond donors (Lipinski definition) is 2. The Hall–Kier alpha value is -3.43. The maximum atomic E-state index is 12.2. The van der Waals surface area contributed by atoms with Crippen LogP contribution in [0.1, 0.15) is 21.9 Å². The van der Waals surface area contributed by atoms with Gasteiger partial charge in [0.15, 0.2) is 5.82 Å². The van der Waals surface area contributed by atoms with Gasteiger partial charge < -0.3 is 10.1 Å². The molecule has 2 heterocycles. The summed E-state index contributed by atoms with van der Waals surface area (Å²) in [6.45, 7) is 2.20. The Bertz CT molecular complexity index is 1300. The molecule has 4 aromatic rings. The normalized spacial score (nSPS) is 10.8. The van der Waals surface area contributed by atoms with Gasteiger partial charge in [0.05, 0.1) is 10.0 Å². The molecule has 164 valence electrons. The number of rotatable bonds is 8. The number of H-pyrrole nitrogens is 1. The fraction of sp³-hybridized carbons (Fsp3) is 0.182. The highest BCUT2D eigenvalue weighted by molar-refractivity contribution is 7.11. The Morgan fingerprint density at radius 3 is 2.88 bits per heavy atom. The first kappa shape index (κ1) is 21.8. The maximum absolute atomic E-state index is 12.2. The summed E-state index contributed by atoms with van der Waals surface area (Å²) in [7, 11) is 0. The van der Waals surface area contributed by atoms with Crippen LogP contribution in [0.15, 0.2) is 58.0 Å². The number of aromatic amines is 1. The molecule has 10 heteroatoms. The molecule has 1 amide bonds. The number of nitrogens with zero attached hydrogens (tertiary/aromatic N) is 2. The third kappa shape index (κ3) is 5.63. The van der Waals surface area contributed by atoms with Gasteiger partial charge in [-0.3, -0.25) is 14.3 Å². The Balaban J connectivity index is 1.33. The predicted octanol–water partition coefficient (Wildman–Crippen LogP) is 4.60. The van der Waals surface area contributed by atoms with Gasteiger partial charge in [-0.25, -0.2) is 9.78 Å². The van der Waals surface area contributed by atoms with Crippen molar-refractivity contribution in [3.05, 3.63) is 79.7 Å². The zero-order valence-electron chi connectivity index (χ0n) is 17.1. The molecule has 0 aliphatic carbocycles. The van der Waals surface area contributed by atoms with Crippen LogP contribution in [-0.4, -0.2) is 21.0 Å². The standard InChI is InChI=1S/C22H19ClN4O4S/c1-13-24-11-17(32-13)6-8-20(28)25-16-5-7-19(18(23)10-16)30-12-14-3-2-4-15(9-14)21-26-22(29)31-27-21/h2-5,7,9-11H,6,8,12H2,1H3,(H,25,28)(H,26,27,29). The largest absolute Gasteiger partial charge is 0.487 e. The number of anilines is 1. The number of nitrogens with one attached hydrogen (secondary N) is 2. The van der Waals surface area contributed by atoms with Crippen molar-refractivity contribution in [3.8, 4) is 17.1 Å². The van der Waals surface area contributed by atoms with E-state index in [9.17, 15) is 9.59 Å². The van der Waals surface area contributed by atoms with Crippen molar-refractivity contribution in [1.29, 1.82) is 0 Å². The second-order valence-electron chi connectivity index (χ2n) is 6.97. The van der Waals surface area contributed by atoms with Crippen molar-refractivity contribution in [2.75, 3.05) is 5.32 Å². The molecule has 0 atom stereocenters. The summed E-state index contributed by atoms with van der Waals surface area (Å²) < 4.78 is 10.4. The summed E-state index contributed by atoms with van der Waals surface area (Å²) >= 11 is 7.93. The molecule has 0 fully saturated rings. The second-order valence-corrected chi connectivity index (χ2v) is 8.70. The molecule has 8 nitrogen and oxygen atoms in total. The lowest BCUT2D eigenvalue weighted by molar-refractivity contribution is -0.116. The third-order valence-electron chi connectivity index (χ3n) is 4.52. The number of aryl methyl sites for hydroxylation is 2. The monoisotopic (exact) mass is 470 g/mol. The van der Waals surface area contributed by atoms with Crippen molar-refractivity contribution >= 4 is 34.5 Å². The number of aromatic nitrogens is 3. The van der Waals surface area contributed by atoms with Crippen LogP contribution in [0, 0.1) is 6.92 Å². The number of carbonyl (C=O) groups excluding carboxylic acids is 1. The van der Waals surface area contributed by atoms with Crippen molar-refractivity contribution in [1.82, 2.24) is 15.1 Å². The Kier molecular flexibility index (Phi) is 6.67. The number of benzene rings is 2. The van der Waals surface area contributed by atoms with E-state index < -0.39 is 5.76 Å². The lowest BCUT2D eigenvalue weighted by atomic mass is 10.1. The number of hydrogen-bond acceptors (Lipinski definition) is 7. The van der Waals surface area contributed by atoms with Gasteiger partial charge >= 0.3 is 5.76 Å². The molecule has 2 aromatic heterocycles. The fourth-order valence-corrected chi connectivity index (χ4v) is 4.03. The molecule has 4 rings (SSSR count). The zero-order valence-corrected chi connectivity index (χ0v) is 18.6. The summed E-state index contributed by atoms with van der Waals surface area (Å²) in [5, 5.41) is 7.91. The van der Waals surface area contributed by atoms with E-state index in [1.807, 2.05) is 25.1 Å². The molecule has 0 bridgehead atoms. The summed E-state index contributed by atoms with van der Waals surface area (Å²) in [4.78, 5) is 31.1. The van der Waals surface area contributed by atoms with Crippen molar-refractivity contribution in [3.63, 3.8) is 0 Å². The fourth-order valence-electron chi connectivity index (χ4n) is 3.00. The summed E-state index contributed by atoms with van der Waals surface area (Å²) in [6.07, 6.45) is 2.81. The number of amides is 1. The molecule has 2 aromatic carbocycles. The van der Waals surface area contributed by atoms with Gasteiger partial charge in [0, 0.05) is 28.7 Å². The Morgan fingerprint density at radius 1 is 1.28 bits per heavy atom. The quantitative estimate of drug-likeness (QED) is 0.389. The van der Waals surface area contributed by atoms with Gasteiger partial charge in [0.1, 0.15) is 12.4 Å². The first-order chi connectivity index (χ1) is 15.5. The molecule has 0 spiro atoms. The number of thiazole rings is 1. The summed E-state index contributed by atoms with van der Waals surface area (Å²) in [5.74, 6) is 0.133. The minimum Gasteiger partial charge on any atom is -0.487 e. The van der Waals surface area contributed by atoms with E-state index in [2.05, 4.69) is 25.0 Å². The highest BCUT2D eigenvalue weighted by Crippen LogP contribution is 2.29. The van der Waals surface area contributed by atoms with Gasteiger partial charge in [0.25, 0.3) is 0 Å². The molecule has 0 radical (unpaired) electrons. The van der Waals surface area contributed by atoms with Crippen LogP contribution in [0.4, 0.5) is 5.69 Å². The van der Waals surface area contributed by atoms with Gasteiger partial charge in [-0.05, 0) is 43.2 Å². The van der Waals surface area contributed by atoms with E-state index in [0.717, 1.165) is 15.4 Å². The van der Waals surface area contributed by atoms with Gasteiger partial charge in [0.2, 0.25) is 5.91 Å². The molecule has 32 heavy (non-hydrogen) atoms. The van der Waals surface area contributed by atoms with Crippen molar-refractivity contribution in [2.24, 2.45) is 0 Å². The van der Waals surface area contributed by atoms with Crippen molar-refractivity contribution in [2.45, 2.75) is 26.4 Å². The Labute approximate surface area is 192 Å². The number of carbonyl (C=O) groups is 1. The molecule has 2 N–H and O–H groups in total. The average Bonchev–Trinajstić information content (AvgIpc) is 3.40. The second kappa shape index (κ2) is 9.80. The SMILES string of the molecule is Cc1ncc(CCC(=O)Nc2ccc(OCc3cccc(-c4noc(=O)[nH]4)c3)c(Cl)c2)s1. The van der Waals surface area contributed by atoms with E-state index in [4.69, 9.17) is 16.3 Å². The lowest BCUT2D eigenvalue weighted by Crippen LogP contribution is -2.12. The molecule has 0 saturated carbocycles. The van der Waals surface area contributed by atoms with Crippen LogP contribution in [0.5, 0.6) is 5.75 Å². The number of ether oxygens (including phenoxy) is 1. The molecule has 0 saturated heterocycles. The highest BCUT2D eigenvalue weighted by atomic mass is 35.5. The molecular weight excluding hydrogens is 452 g/mol. The maximum Gasteiger partial charge on any atom is 0.439 e. The van der Waals surface area contributed by atoms with Crippen LogP contribution in [0.2, 0.25) is 5.02 Å². The lowest BCUT2D eigenvalue weighted by Gasteiger charge is -2.11. The van der Waals surface area contributed by atoms with Crippen LogP contribution in [-0.2, 0) is 17.8 Å². The molecule has 0 aliphatic heterocycles. The van der Waals surface area contributed by atoms with E-state index in [1.165, 1.54) is 0 Å². The first-order valence-electron chi connectivity index (χ1n) is 9.75. The molecular formula is C22H19ClN4O4S. The summed E-state index contributed by atoms with van der Waals surface area (Å²) in [5.41, 5.74) is 2.16. The predicted molar refractivity (Wildman–Crippen MR) is 122 cm³/mol. The minimum absolute atomic E-state index is 0.0940. The van der Waals surface area contributed by atoms with E-state index in [0.29, 0.717) is 40.7 Å². The van der Waals surface area contributed by atoms with E-state index in [-0.39, 0.29) is 12.5 Å². The van der Waals surface area contributed by atoms with Gasteiger partial charge in [-0.2, -0.15) is 0 Å². The van der Waals surface area contributed by atoms with Crippen LogP contribution < -0.4 is 15.8 Å². The smallest absolute Gasteiger partial charge is 0.439 e. The summed E-state index contributed by atoms with van der Waals surface area (Å²) in [6, 6.07) is 12.5. The van der Waals surface area contributed by atoms with Crippen LogP contribution in [0.3, 0.4) is 0 Å².